The molecule has 4 amide bonds. The molecule has 0 spiro atoms. The van der Waals surface area contributed by atoms with Gasteiger partial charge in [-0.15, -0.1) is 9.42 Å². The average Bonchev–Trinajstić information content (AvgIpc) is 2.47. The molecule has 21 nitrogen and oxygen atoms in total. The molecule has 1 aromatic heterocycles. The number of aliphatic imine (C=N–C) groups is 1. The molecule has 2 bridgehead atoms. The number of carbonyl (C=O) groups excluding carboxylic acids is 4. The van der Waals surface area contributed by atoms with E-state index in [1.54, 1.807) is 17.7 Å². The smallest absolute Gasteiger partial charge is 0.453 e. The molecule has 0 aliphatic carbocycles. The maximum Gasteiger partial charge on any atom is 0.695 e. The highest BCUT2D eigenvalue weighted by Crippen LogP contribution is 2.42. The topological polar surface area (TPSA) is 264 Å². The Labute approximate surface area is 476 Å². The van der Waals surface area contributed by atoms with Crippen LogP contribution in [0.3, 0.4) is 0 Å². The fourth-order valence-corrected chi connectivity index (χ4v) is 9.91. The van der Waals surface area contributed by atoms with Crippen molar-refractivity contribution in [1.82, 2.24) is 41.3 Å². The van der Waals surface area contributed by atoms with E-state index >= 15 is 8.78 Å². The predicted octanol–water partition coefficient (Wildman–Crippen LogP) is 6.02. The highest BCUT2D eigenvalue weighted by atomic mass is 31.1. The second kappa shape index (κ2) is 27.7. The summed E-state index contributed by atoms with van der Waals surface area (Å²) in [6.45, 7) is -0.638. The van der Waals surface area contributed by atoms with Crippen molar-refractivity contribution >= 4 is 50.1 Å². The van der Waals surface area contributed by atoms with Gasteiger partial charge in [0.25, 0.3) is 5.91 Å². The molecule has 0 saturated carbocycles. The fraction of sp³-hybridized carbons (Fsp3) is 0.519. The summed E-state index contributed by atoms with van der Waals surface area (Å²) in [7, 11) is -2.35. The summed E-state index contributed by atoms with van der Waals surface area (Å²) in [4.78, 5) is 80.2. The van der Waals surface area contributed by atoms with Crippen molar-refractivity contribution in [2.45, 2.75) is 115 Å². The number of nitrogens with two attached hydrogens (primary N) is 1. The molecular weight excluding hydrogens is 1160 g/mol. The Hall–Kier alpha value is -7.23. The lowest BCUT2D eigenvalue weighted by Gasteiger charge is -2.47. The summed E-state index contributed by atoms with van der Waals surface area (Å²) in [6, 6.07) is 0.962. The number of nitrogens with one attached hydrogen (secondary N) is 4. The minimum atomic E-state index is -5.29. The van der Waals surface area contributed by atoms with Crippen LogP contribution in [-0.4, -0.2) is 163 Å². The quantitative estimate of drug-likeness (QED) is 0.0168. The summed E-state index contributed by atoms with van der Waals surface area (Å²) in [5, 5.41) is 6.26. The molecule has 0 radical (unpaired) electrons. The van der Waals surface area contributed by atoms with Crippen LogP contribution in [-0.2, 0) is 45.9 Å². The van der Waals surface area contributed by atoms with Gasteiger partial charge in [0, 0.05) is 77.3 Å². The Bertz CT molecular complexity index is 2940. The van der Waals surface area contributed by atoms with E-state index in [-0.39, 0.29) is 5.56 Å². The number of hydrogen-bond donors (Lipinski definition) is 6. The van der Waals surface area contributed by atoms with E-state index < -0.39 is 134 Å². The third-order valence-electron chi connectivity index (χ3n) is 14.5. The summed E-state index contributed by atoms with van der Waals surface area (Å²) < 4.78 is 178. The lowest BCUT2D eigenvalue weighted by atomic mass is 9.82. The minimum absolute atomic E-state index is 0.175. The molecule has 3 saturated heterocycles. The van der Waals surface area contributed by atoms with E-state index in [0.717, 1.165) is 59.4 Å². The van der Waals surface area contributed by atoms with Gasteiger partial charge in [-0.1, -0.05) is 24.0 Å². The van der Waals surface area contributed by atoms with Crippen molar-refractivity contribution in [3.8, 4) is 11.8 Å². The maximum atomic E-state index is 16.1. The van der Waals surface area contributed by atoms with Gasteiger partial charge in [-0.3, -0.25) is 19.9 Å². The third kappa shape index (κ3) is 16.6. The molecule has 84 heavy (non-hydrogen) atoms. The summed E-state index contributed by atoms with van der Waals surface area (Å²) in [5.74, 6) is 0.0281. The summed E-state index contributed by atoms with van der Waals surface area (Å²) in [6.07, 6.45) is -9.84. The first-order valence-corrected chi connectivity index (χ1v) is 26.8. The van der Waals surface area contributed by atoms with Crippen molar-refractivity contribution in [2.75, 3.05) is 52.0 Å². The molecule has 4 heterocycles. The van der Waals surface area contributed by atoms with Gasteiger partial charge in [0.1, 0.15) is 23.7 Å². The Morgan fingerprint density at radius 3 is 1.85 bits per heavy atom. The van der Waals surface area contributed by atoms with Gasteiger partial charge in [-0.25, -0.2) is 38.3 Å². The first-order valence-electron chi connectivity index (χ1n) is 25.6. The Balaban J connectivity index is 1.37. The second-order valence-corrected chi connectivity index (χ2v) is 21.6. The van der Waals surface area contributed by atoms with E-state index in [2.05, 4.69) is 51.4 Å². The van der Waals surface area contributed by atoms with Crippen molar-refractivity contribution in [2.24, 2.45) is 21.6 Å². The van der Waals surface area contributed by atoms with Gasteiger partial charge in [0.15, 0.2) is 6.10 Å². The Kier molecular flexibility index (Phi) is 21.7. The van der Waals surface area contributed by atoms with Crippen LogP contribution in [0.15, 0.2) is 59.9 Å². The number of amides is 4. The van der Waals surface area contributed by atoms with Crippen molar-refractivity contribution in [3.05, 3.63) is 94.3 Å². The van der Waals surface area contributed by atoms with Gasteiger partial charge in [-0.2, -0.15) is 35.1 Å². The van der Waals surface area contributed by atoms with Crippen LogP contribution < -0.4 is 32.0 Å². The molecule has 458 valence electrons. The van der Waals surface area contributed by atoms with E-state index in [1.165, 1.54) is 24.3 Å². The average molecular weight is 1220 g/mol. The highest BCUT2D eigenvalue weighted by Gasteiger charge is 2.57. The van der Waals surface area contributed by atoms with Crippen molar-refractivity contribution in [1.29, 1.82) is 0 Å². The minimum Gasteiger partial charge on any atom is -0.453 e. The number of alkyl halides is 8. The van der Waals surface area contributed by atoms with Crippen LogP contribution in [0.5, 0.6) is 0 Å². The first-order chi connectivity index (χ1) is 39.3. The maximum absolute atomic E-state index is 16.1. The lowest BCUT2D eigenvalue weighted by Crippen LogP contribution is -2.63. The molecule has 3 aliphatic rings. The number of nitrogens with zero attached hydrogens (tertiary/aromatic N) is 6. The number of carbonyl (C=O) groups is 4. The number of piperazine rings is 1. The molecule has 3 aliphatic heterocycles. The summed E-state index contributed by atoms with van der Waals surface area (Å²) >= 11 is 0. The van der Waals surface area contributed by atoms with Crippen LogP contribution >= 0.6 is 8.25 Å². The van der Waals surface area contributed by atoms with Crippen LogP contribution in [0.25, 0.3) is 5.70 Å². The van der Waals surface area contributed by atoms with Crippen LogP contribution in [0.1, 0.15) is 68.4 Å². The largest absolute Gasteiger partial charge is 0.695 e. The number of benzene rings is 2. The molecule has 3 unspecified atom stereocenters. The van der Waals surface area contributed by atoms with Gasteiger partial charge >= 0.3 is 39.3 Å². The number of methoxy groups -OCH3 is 2. The fourth-order valence-electron chi connectivity index (χ4n) is 9.47. The van der Waals surface area contributed by atoms with Gasteiger partial charge in [0.05, 0.1) is 62.5 Å². The zero-order valence-electron chi connectivity index (χ0n) is 45.9. The number of fused-ring (bicyclic) bond motifs is 2. The van der Waals surface area contributed by atoms with Crippen LogP contribution in [0, 0.1) is 34.3 Å². The first kappa shape index (κ1) is 65.9. The molecule has 3 fully saturated rings. The van der Waals surface area contributed by atoms with E-state index in [0.29, 0.717) is 86.3 Å². The molecule has 6 rings (SSSR count). The van der Waals surface area contributed by atoms with E-state index in [4.69, 9.17) is 15.0 Å². The number of ether oxygens (including phenoxy) is 3. The number of allylic oxidation sites excluding steroid dienone is 1. The van der Waals surface area contributed by atoms with Crippen molar-refractivity contribution in [3.63, 3.8) is 0 Å². The number of anilines is 1. The van der Waals surface area contributed by atoms with Gasteiger partial charge in [0.2, 0.25) is 11.9 Å². The number of alkyl carbamates (subject to hydrolysis) is 2. The normalized spacial score (nSPS) is 18.7. The second-order valence-electron chi connectivity index (χ2n) is 20.9. The molecule has 7 atom stereocenters. The van der Waals surface area contributed by atoms with Crippen molar-refractivity contribution < 1.29 is 91.3 Å². The third-order valence-corrected chi connectivity index (χ3v) is 15.0. The Morgan fingerprint density at radius 1 is 0.845 bits per heavy atom. The number of aromatic nitrogens is 2. The highest BCUT2D eigenvalue weighted by molar-refractivity contribution is 7.32. The summed E-state index contributed by atoms with van der Waals surface area (Å²) in [5.41, 5.74) is 0.513. The molecule has 2 aromatic carbocycles. The SMILES string of the molecule is COC(=O)N[C@H](C(=O)N[C@@H](Cc1ccc(C#Cc2cnc(N3CC4CCC(C3)N4C3COC3)nc2)cc1)[C@H](CN(Cc1c(F)cc(C(N)=CC=NC(F)F)cc1F)NC(=O)[C@@H](NC(=O)OC)C(C)(C)C(F)(F)F)O[P+](=O)O)C(C)(C)C(F)(F)F. The van der Waals surface area contributed by atoms with Gasteiger partial charge in [-0.05, 0) is 82.9 Å². The van der Waals surface area contributed by atoms with E-state index in [9.17, 15) is 63.8 Å². The van der Waals surface area contributed by atoms with Gasteiger partial charge < -0.3 is 40.8 Å². The molecule has 32 heteroatoms. The lowest BCUT2D eigenvalue weighted by molar-refractivity contribution is -0.221. The zero-order chi connectivity index (χ0) is 62.1. The predicted molar refractivity (Wildman–Crippen MR) is 280 cm³/mol. The zero-order valence-corrected chi connectivity index (χ0v) is 46.8. The number of hydrazine groups is 1. The number of hydrogen-bond acceptors (Lipinski definition) is 16. The molecular formula is C52H61F10N11O10P+. The molecule has 3 aromatic rings. The molecule has 7 N–H and O–H groups in total. The number of halogens is 10. The van der Waals surface area contributed by atoms with E-state index in [1.807, 2.05) is 10.7 Å². The van der Waals surface area contributed by atoms with Crippen LogP contribution in [0.4, 0.5) is 59.4 Å². The van der Waals surface area contributed by atoms with Crippen LogP contribution in [0.2, 0.25) is 0 Å². The Morgan fingerprint density at radius 2 is 1.37 bits per heavy atom. The monoisotopic (exact) mass is 1220 g/mol. The standard InChI is InChI=1S/C52H60F10N11O10P/c1-49(2,51(57,58)59)41(68-47(76)80-5)43(74)67-39(17-29-10-7-28(8-11-29)9-12-30-20-65-46(66-21-30)71-22-32-13-14-33(23-71)73(32)34-26-82-27-34)40(83-84(78)79)25-72(70-44(75)42(69-48(77)81-6)50(3,4)52(60,61)62)24-35-36(53)18-31(19-37(35)54)38(63)15-16-64-45(55)56/h7-8,10-11,15-16,18-21,32-34,39-42,45H,13-14,17,22-27H2,1-6H3,(H6-,63,64,67,68,69,70,74,75,76,77,78,79)/p+1/t32?,33?,39-,40-,41+,42+/m0/s1. The number of rotatable bonds is 22.